The van der Waals surface area contributed by atoms with E-state index >= 15 is 0 Å². The van der Waals surface area contributed by atoms with Crippen LogP contribution in [-0.4, -0.2) is 51.8 Å². The van der Waals surface area contributed by atoms with Crippen molar-refractivity contribution in [2.75, 3.05) is 6.61 Å². The lowest BCUT2D eigenvalue weighted by molar-refractivity contribution is -0.203. The number of rotatable bonds is 6. The summed E-state index contributed by atoms with van der Waals surface area (Å²) in [6.45, 7) is 8.61. The van der Waals surface area contributed by atoms with Gasteiger partial charge in [-0.2, -0.15) is 0 Å². The molecule has 1 N–H and O–H groups in total. The predicted molar refractivity (Wildman–Crippen MR) is 140 cm³/mol. The summed E-state index contributed by atoms with van der Waals surface area (Å²) in [5.41, 5.74) is -2.27. The van der Waals surface area contributed by atoms with Crippen LogP contribution in [-0.2, 0) is 28.7 Å². The molecule has 0 aromatic rings. The first-order valence-electron chi connectivity index (χ1n) is 13.0. The Morgan fingerprint density at radius 2 is 1.78 bits per heavy atom. The van der Waals surface area contributed by atoms with E-state index in [1.54, 1.807) is 19.9 Å². The second kappa shape index (κ2) is 9.96. The highest BCUT2D eigenvalue weighted by molar-refractivity contribution is 6.26. The Labute approximate surface area is 225 Å². The number of ketones is 2. The van der Waals surface area contributed by atoms with Crippen LogP contribution >= 0.6 is 11.6 Å². The lowest BCUT2D eigenvalue weighted by Gasteiger charge is -2.64. The quantitative estimate of drug-likeness (QED) is 0.386. The molecule has 0 bridgehead atoms. The van der Waals surface area contributed by atoms with Crippen LogP contribution in [0.2, 0.25) is 0 Å². The van der Waals surface area contributed by atoms with Crippen LogP contribution in [0.15, 0.2) is 23.8 Å². The summed E-state index contributed by atoms with van der Waals surface area (Å²) in [5, 5.41) is 11.8. The number of carbonyl (C=O) groups excluding carboxylic acids is 4. The summed E-state index contributed by atoms with van der Waals surface area (Å²) < 4.78 is 11.3. The number of Topliss-reactive ketones (excluding diaryl/α,β-unsaturated/α-hetero) is 1. The Balaban J connectivity index is 0.00000380. The Morgan fingerprint density at radius 1 is 1.14 bits per heavy atom. The van der Waals surface area contributed by atoms with Crippen molar-refractivity contribution in [3.05, 3.63) is 23.8 Å². The Kier molecular flexibility index (Phi) is 7.96. The van der Waals surface area contributed by atoms with Crippen molar-refractivity contribution in [3.8, 4) is 0 Å². The zero-order valence-electron chi connectivity index (χ0n) is 21.8. The zero-order chi connectivity index (χ0) is 26.7. The van der Waals surface area contributed by atoms with Crippen LogP contribution in [0.1, 0.15) is 80.6 Å². The molecule has 0 amide bonds. The average molecular weight is 537 g/mol. The number of aliphatic hydroxyl groups is 1. The first-order valence-corrected chi connectivity index (χ1v) is 13.4. The second-order valence-electron chi connectivity index (χ2n) is 11.4. The predicted octanol–water partition coefficient (Wildman–Crippen LogP) is 4.72. The number of hydrogen-bond acceptors (Lipinski definition) is 7. The van der Waals surface area contributed by atoms with E-state index in [0.717, 1.165) is 5.57 Å². The lowest BCUT2D eigenvalue weighted by atomic mass is 9.45. The van der Waals surface area contributed by atoms with Crippen molar-refractivity contribution in [3.63, 3.8) is 0 Å². The van der Waals surface area contributed by atoms with Crippen LogP contribution in [0.5, 0.6) is 0 Å². The highest BCUT2D eigenvalue weighted by Crippen LogP contribution is 2.72. The summed E-state index contributed by atoms with van der Waals surface area (Å²) in [6, 6.07) is 0. The first kappa shape index (κ1) is 29.6. The van der Waals surface area contributed by atoms with Gasteiger partial charge in [0.15, 0.2) is 18.0 Å². The summed E-state index contributed by atoms with van der Waals surface area (Å²) in [7, 11) is 0. The number of allylic oxidation sites excluding steroid dienone is 4. The smallest absolute Gasteiger partial charge is 0.306 e. The van der Waals surface area contributed by atoms with Crippen LogP contribution in [0.3, 0.4) is 0 Å². The van der Waals surface area contributed by atoms with Crippen molar-refractivity contribution in [1.82, 2.24) is 0 Å². The number of carbonyl (C=O) groups is 4. The van der Waals surface area contributed by atoms with E-state index in [1.165, 1.54) is 6.08 Å². The number of ether oxygens (including phenoxy) is 2. The average Bonchev–Trinajstić information content (AvgIpc) is 3.05. The molecule has 0 heterocycles. The van der Waals surface area contributed by atoms with Crippen molar-refractivity contribution >= 4 is 35.1 Å². The molecular formula is C29H41ClO7. The van der Waals surface area contributed by atoms with E-state index in [1.807, 2.05) is 26.8 Å². The van der Waals surface area contributed by atoms with Gasteiger partial charge in [-0.1, -0.05) is 53.7 Å². The van der Waals surface area contributed by atoms with E-state index in [0.29, 0.717) is 19.3 Å². The fraction of sp³-hybridized carbons (Fsp3) is 0.724. The zero-order valence-corrected chi connectivity index (χ0v) is 22.5. The highest BCUT2D eigenvalue weighted by Gasteiger charge is 2.76. The monoisotopic (exact) mass is 536 g/mol. The van der Waals surface area contributed by atoms with Gasteiger partial charge in [0.1, 0.15) is 0 Å². The van der Waals surface area contributed by atoms with Crippen LogP contribution in [0, 0.1) is 28.6 Å². The third-order valence-corrected chi connectivity index (χ3v) is 10.7. The summed E-state index contributed by atoms with van der Waals surface area (Å²) in [6.07, 6.45) is 6.18. The third-order valence-electron chi connectivity index (χ3n) is 9.81. The molecule has 206 valence electrons. The maximum atomic E-state index is 13.9. The number of aliphatic hydroxyl groups excluding tert-OH is 1. The summed E-state index contributed by atoms with van der Waals surface area (Å²) >= 11 is 7.48. The van der Waals surface area contributed by atoms with Crippen LogP contribution in [0.4, 0.5) is 0 Å². The molecule has 3 saturated carbocycles. The molecule has 8 atom stereocenters. The van der Waals surface area contributed by atoms with E-state index in [9.17, 15) is 24.3 Å². The van der Waals surface area contributed by atoms with Gasteiger partial charge in [-0.05, 0) is 49.7 Å². The van der Waals surface area contributed by atoms with Crippen LogP contribution in [0.25, 0.3) is 0 Å². The molecule has 0 saturated heterocycles. The first-order chi connectivity index (χ1) is 16.8. The van der Waals surface area contributed by atoms with Gasteiger partial charge in [-0.15, -0.1) is 11.6 Å². The molecule has 0 unspecified atom stereocenters. The maximum absolute atomic E-state index is 13.9. The molecule has 4 rings (SSSR count). The Bertz CT molecular complexity index is 1050. The fourth-order valence-electron chi connectivity index (χ4n) is 8.01. The number of fused-ring (bicyclic) bond motifs is 5. The van der Waals surface area contributed by atoms with E-state index in [-0.39, 0.29) is 50.2 Å². The Hall–Kier alpha value is -1.99. The van der Waals surface area contributed by atoms with E-state index in [4.69, 9.17) is 21.1 Å². The SMILES string of the molecule is C.CCC(=O)OCC(=O)[C@@]1(OC(=O)CC)[C@@H](C)C[C@H]2[C@@H]3CCC4=CC(=O)C=C[C@]4(C)[C@@]3(Cl)[C@@H](O)C[C@@]21C. The minimum atomic E-state index is -1.55. The van der Waals surface area contributed by atoms with Gasteiger partial charge in [0.05, 0.1) is 11.0 Å². The summed E-state index contributed by atoms with van der Waals surface area (Å²) in [5.74, 6) is -2.24. The molecule has 0 aromatic carbocycles. The van der Waals surface area contributed by atoms with E-state index in [2.05, 4.69) is 0 Å². The van der Waals surface area contributed by atoms with Crippen molar-refractivity contribution in [2.24, 2.45) is 28.6 Å². The van der Waals surface area contributed by atoms with Crippen molar-refractivity contribution in [1.29, 1.82) is 0 Å². The molecule has 7 nitrogen and oxygen atoms in total. The molecule has 4 aliphatic rings. The molecule has 4 aliphatic carbocycles. The lowest BCUT2D eigenvalue weighted by Crippen LogP contribution is -2.69. The molecule has 0 radical (unpaired) electrons. The van der Waals surface area contributed by atoms with Gasteiger partial charge in [-0.25, -0.2) is 0 Å². The number of alkyl halides is 1. The minimum Gasteiger partial charge on any atom is -0.457 e. The van der Waals surface area contributed by atoms with Gasteiger partial charge in [0.2, 0.25) is 5.78 Å². The standard InChI is InChI=1S/C28H37ClO7.CH4/c1-6-23(33)35-15-22(32)28(36-24(34)7-2)16(3)12-20-19-9-8-17-13-18(30)10-11-25(17,4)27(19,29)21(31)14-26(20,28)5;/h10-11,13,16,19-21,31H,6-9,12,14-15H2,1-5H3;1H4/t16-,19-,20-,21-,25-,26-,27-,28-;/m0./s1. The van der Waals surface area contributed by atoms with Gasteiger partial charge < -0.3 is 14.6 Å². The minimum absolute atomic E-state index is 0. The highest BCUT2D eigenvalue weighted by atomic mass is 35.5. The van der Waals surface area contributed by atoms with Crippen molar-refractivity contribution < 1.29 is 33.8 Å². The van der Waals surface area contributed by atoms with Crippen LogP contribution < -0.4 is 0 Å². The topological polar surface area (TPSA) is 107 Å². The largest absolute Gasteiger partial charge is 0.457 e. The maximum Gasteiger partial charge on any atom is 0.306 e. The molecule has 3 fully saturated rings. The molecule has 0 aromatic heterocycles. The van der Waals surface area contributed by atoms with Gasteiger partial charge in [-0.3, -0.25) is 19.2 Å². The van der Waals surface area contributed by atoms with Gasteiger partial charge >= 0.3 is 11.9 Å². The second-order valence-corrected chi connectivity index (χ2v) is 12.0. The summed E-state index contributed by atoms with van der Waals surface area (Å²) in [4.78, 5) is 49.5. The third kappa shape index (κ3) is 3.94. The van der Waals surface area contributed by atoms with Gasteiger partial charge in [0, 0.05) is 29.6 Å². The molecule has 8 heteroatoms. The van der Waals surface area contributed by atoms with Gasteiger partial charge in [0.25, 0.3) is 0 Å². The molecular weight excluding hydrogens is 496 g/mol. The van der Waals surface area contributed by atoms with E-state index < -0.39 is 51.7 Å². The molecule has 0 spiro atoms. The molecule has 0 aliphatic heterocycles. The number of halogens is 1. The normalized spacial score (nSPS) is 41.9. The van der Waals surface area contributed by atoms with Crippen molar-refractivity contribution in [2.45, 2.75) is 97.1 Å². The number of hydrogen-bond donors (Lipinski definition) is 1. The molecule has 37 heavy (non-hydrogen) atoms. The Morgan fingerprint density at radius 3 is 2.41 bits per heavy atom. The fourth-order valence-corrected chi connectivity index (χ4v) is 8.53. The number of esters is 2.